The monoisotopic (exact) mass is 400 g/mol. The molecular formula is C24H24N4O2. The van der Waals surface area contributed by atoms with Crippen LogP contribution in [0.2, 0.25) is 0 Å². The zero-order valence-electron chi connectivity index (χ0n) is 16.8. The van der Waals surface area contributed by atoms with E-state index in [0.717, 1.165) is 37.2 Å². The summed E-state index contributed by atoms with van der Waals surface area (Å²) in [7, 11) is 0. The van der Waals surface area contributed by atoms with Crippen molar-refractivity contribution in [2.45, 2.75) is 25.7 Å². The quantitative estimate of drug-likeness (QED) is 0.635. The first kappa shape index (κ1) is 19.8. The maximum atomic E-state index is 13.0. The number of ketones is 2. The first-order valence-electron chi connectivity index (χ1n) is 10.2. The Bertz CT molecular complexity index is 1060. The summed E-state index contributed by atoms with van der Waals surface area (Å²) in [4.78, 5) is 36.3. The van der Waals surface area contributed by atoms with Crippen molar-refractivity contribution in [1.29, 1.82) is 0 Å². The summed E-state index contributed by atoms with van der Waals surface area (Å²) < 4.78 is 0. The van der Waals surface area contributed by atoms with Gasteiger partial charge in [-0.1, -0.05) is 30.3 Å². The van der Waals surface area contributed by atoms with Gasteiger partial charge < -0.3 is 10.6 Å². The van der Waals surface area contributed by atoms with Crippen molar-refractivity contribution in [3.05, 3.63) is 83.3 Å². The average molecular weight is 400 g/mol. The molecule has 0 atom stereocenters. The Kier molecular flexibility index (Phi) is 5.84. The van der Waals surface area contributed by atoms with Gasteiger partial charge in [0.15, 0.2) is 17.4 Å². The van der Waals surface area contributed by atoms with Crippen LogP contribution in [0.4, 0.5) is 11.5 Å². The molecule has 30 heavy (non-hydrogen) atoms. The van der Waals surface area contributed by atoms with Gasteiger partial charge >= 0.3 is 0 Å². The molecule has 4 rings (SSSR count). The number of hydrogen-bond donors (Lipinski definition) is 1. The van der Waals surface area contributed by atoms with Crippen LogP contribution in [0, 0.1) is 0 Å². The molecule has 2 heterocycles. The molecule has 1 aromatic heterocycles. The van der Waals surface area contributed by atoms with Crippen molar-refractivity contribution < 1.29 is 9.59 Å². The van der Waals surface area contributed by atoms with Crippen LogP contribution >= 0.6 is 0 Å². The molecule has 152 valence electrons. The highest BCUT2D eigenvalue weighted by Gasteiger charge is 2.21. The zero-order valence-corrected chi connectivity index (χ0v) is 16.8. The van der Waals surface area contributed by atoms with Gasteiger partial charge in [0.2, 0.25) is 0 Å². The van der Waals surface area contributed by atoms with E-state index in [0.29, 0.717) is 11.1 Å². The van der Waals surface area contributed by atoms with E-state index in [1.807, 2.05) is 36.4 Å². The Morgan fingerprint density at radius 3 is 2.37 bits per heavy atom. The van der Waals surface area contributed by atoms with Crippen LogP contribution in [-0.2, 0) is 6.42 Å². The molecule has 0 spiro atoms. The maximum Gasteiger partial charge on any atom is 0.193 e. The lowest BCUT2D eigenvalue weighted by Crippen LogP contribution is -2.30. The number of nitrogens with two attached hydrogens (primary N) is 1. The molecule has 1 aliphatic rings. The van der Waals surface area contributed by atoms with Gasteiger partial charge in [0.25, 0.3) is 0 Å². The normalized spacial score (nSPS) is 13.8. The van der Waals surface area contributed by atoms with Gasteiger partial charge in [-0.25, -0.2) is 9.97 Å². The van der Waals surface area contributed by atoms with Crippen LogP contribution in [0.25, 0.3) is 0 Å². The van der Waals surface area contributed by atoms with Crippen molar-refractivity contribution in [2.24, 2.45) is 0 Å². The molecule has 0 aliphatic carbocycles. The van der Waals surface area contributed by atoms with E-state index < -0.39 is 0 Å². The number of nitrogens with zero attached hydrogens (tertiary/aromatic N) is 3. The minimum atomic E-state index is -0.205. The fourth-order valence-electron chi connectivity index (χ4n) is 3.89. The molecule has 0 bridgehead atoms. The van der Waals surface area contributed by atoms with Crippen LogP contribution < -0.4 is 10.6 Å². The van der Waals surface area contributed by atoms with Crippen molar-refractivity contribution in [3.8, 4) is 0 Å². The summed E-state index contributed by atoms with van der Waals surface area (Å²) in [6, 6.07) is 14.8. The summed E-state index contributed by atoms with van der Waals surface area (Å²) in [6.07, 6.45) is 6.50. The topological polar surface area (TPSA) is 89.2 Å². The van der Waals surface area contributed by atoms with Crippen LogP contribution in [0.15, 0.2) is 60.9 Å². The number of nitrogen functional groups attached to an aromatic ring is 1. The number of aromatic nitrogens is 2. The van der Waals surface area contributed by atoms with Crippen molar-refractivity contribution in [1.82, 2.24) is 9.97 Å². The Balaban J connectivity index is 1.70. The van der Waals surface area contributed by atoms with Crippen molar-refractivity contribution in [3.63, 3.8) is 0 Å². The molecule has 1 fully saturated rings. The second kappa shape index (κ2) is 8.86. The smallest absolute Gasteiger partial charge is 0.193 e. The number of Topliss-reactive ketones (excluding diaryl/α,β-unsaturated/α-hetero) is 1. The lowest BCUT2D eigenvalue weighted by atomic mass is 9.96. The van der Waals surface area contributed by atoms with Crippen LogP contribution in [0.1, 0.15) is 51.2 Å². The maximum absolute atomic E-state index is 13.0. The number of piperidine rings is 1. The molecule has 0 saturated carbocycles. The number of benzene rings is 2. The predicted octanol–water partition coefficient (Wildman–Crippen LogP) is 3.71. The molecule has 2 N–H and O–H groups in total. The molecule has 0 radical (unpaired) electrons. The molecule has 0 unspecified atom stereocenters. The van der Waals surface area contributed by atoms with Gasteiger partial charge in [0, 0.05) is 48.7 Å². The van der Waals surface area contributed by atoms with Gasteiger partial charge in [0.1, 0.15) is 5.69 Å². The van der Waals surface area contributed by atoms with Crippen molar-refractivity contribution >= 4 is 23.1 Å². The van der Waals surface area contributed by atoms with E-state index in [1.54, 1.807) is 12.1 Å². The van der Waals surface area contributed by atoms with E-state index in [4.69, 9.17) is 5.73 Å². The summed E-state index contributed by atoms with van der Waals surface area (Å²) in [6.45, 7) is 1.89. The predicted molar refractivity (Wildman–Crippen MR) is 117 cm³/mol. The summed E-state index contributed by atoms with van der Waals surface area (Å²) >= 11 is 0. The average Bonchev–Trinajstić information content (AvgIpc) is 2.80. The first-order valence-corrected chi connectivity index (χ1v) is 10.2. The molecule has 6 nitrogen and oxygen atoms in total. The SMILES string of the molecule is Nc1nccnc1C(=O)Cc1cc(C(=O)c2ccccc2)ccc1N1CCCCC1. The summed E-state index contributed by atoms with van der Waals surface area (Å²) in [5.74, 6) is -0.143. The lowest BCUT2D eigenvalue weighted by Gasteiger charge is -2.31. The standard InChI is InChI=1S/C24H24N4O2/c25-24-22(26-11-12-27-24)21(29)16-19-15-18(23(30)17-7-3-1-4-8-17)9-10-20(19)28-13-5-2-6-14-28/h1,3-4,7-12,15H,2,5-6,13-14,16H2,(H2,25,27). The molecule has 3 aromatic rings. The van der Waals surface area contributed by atoms with E-state index in [2.05, 4.69) is 14.9 Å². The third-order valence-corrected chi connectivity index (χ3v) is 5.42. The van der Waals surface area contributed by atoms with E-state index in [1.165, 1.54) is 18.8 Å². The Morgan fingerprint density at radius 1 is 0.900 bits per heavy atom. The van der Waals surface area contributed by atoms with E-state index in [9.17, 15) is 9.59 Å². The number of rotatable bonds is 6. The zero-order chi connectivity index (χ0) is 20.9. The molecule has 2 aromatic carbocycles. The molecule has 1 aliphatic heterocycles. The van der Waals surface area contributed by atoms with Crippen LogP contribution in [-0.4, -0.2) is 34.6 Å². The molecule has 1 saturated heterocycles. The molecule has 6 heteroatoms. The minimum absolute atomic E-state index is 0.0616. The molecular weight excluding hydrogens is 376 g/mol. The third kappa shape index (κ3) is 4.22. The fraction of sp³-hybridized carbons (Fsp3) is 0.250. The van der Waals surface area contributed by atoms with Gasteiger partial charge in [0.05, 0.1) is 0 Å². The van der Waals surface area contributed by atoms with Crippen LogP contribution in [0.5, 0.6) is 0 Å². The number of hydrogen-bond acceptors (Lipinski definition) is 6. The fourth-order valence-corrected chi connectivity index (χ4v) is 3.89. The highest BCUT2D eigenvalue weighted by Crippen LogP contribution is 2.28. The van der Waals surface area contributed by atoms with Gasteiger partial charge in [-0.2, -0.15) is 0 Å². The van der Waals surface area contributed by atoms with E-state index in [-0.39, 0.29) is 29.5 Å². The number of carbonyl (C=O) groups excluding carboxylic acids is 2. The van der Waals surface area contributed by atoms with Crippen molar-refractivity contribution in [2.75, 3.05) is 23.7 Å². The van der Waals surface area contributed by atoms with Gasteiger partial charge in [-0.15, -0.1) is 0 Å². The minimum Gasteiger partial charge on any atom is -0.382 e. The van der Waals surface area contributed by atoms with E-state index >= 15 is 0 Å². The highest BCUT2D eigenvalue weighted by molar-refractivity contribution is 6.09. The Labute approximate surface area is 175 Å². The Hall–Kier alpha value is -3.54. The third-order valence-electron chi connectivity index (χ3n) is 5.42. The largest absolute Gasteiger partial charge is 0.382 e. The second-order valence-corrected chi connectivity index (χ2v) is 7.48. The number of carbonyl (C=O) groups is 2. The summed E-state index contributed by atoms with van der Waals surface area (Å²) in [5.41, 5.74) is 9.02. The van der Waals surface area contributed by atoms with Gasteiger partial charge in [-0.3, -0.25) is 9.59 Å². The summed E-state index contributed by atoms with van der Waals surface area (Å²) in [5, 5.41) is 0. The highest BCUT2D eigenvalue weighted by atomic mass is 16.1. The van der Waals surface area contributed by atoms with Crippen LogP contribution in [0.3, 0.4) is 0 Å². The number of anilines is 2. The van der Waals surface area contributed by atoms with Gasteiger partial charge in [-0.05, 0) is 43.0 Å². The second-order valence-electron chi connectivity index (χ2n) is 7.48. The Morgan fingerprint density at radius 2 is 1.63 bits per heavy atom. The lowest BCUT2D eigenvalue weighted by molar-refractivity contribution is 0.0986. The molecule has 0 amide bonds. The first-order chi connectivity index (χ1) is 14.6.